The van der Waals surface area contributed by atoms with Crippen LogP contribution in [-0.4, -0.2) is 21.1 Å². The van der Waals surface area contributed by atoms with E-state index in [0.717, 1.165) is 27.7 Å². The van der Waals surface area contributed by atoms with Crippen molar-refractivity contribution in [3.63, 3.8) is 0 Å². The molecule has 154 valence electrons. The minimum atomic E-state index is -0.286. The van der Waals surface area contributed by atoms with E-state index in [1.165, 1.54) is 6.08 Å². The summed E-state index contributed by atoms with van der Waals surface area (Å²) in [5.74, 6) is 0.577. The first-order chi connectivity index (χ1) is 15.5. The predicted octanol–water partition coefficient (Wildman–Crippen LogP) is 6.10. The standard InChI is InChI=1S/C26H15ClN2O3/c1-29-22-13-18(32-26(22)28-25(29)14-6-8-17(27)9-7-14)12-21-23(30)19-10-15-4-2-3-5-16(15)11-20(19)24(21)31/h2-13H,1H3. The van der Waals surface area contributed by atoms with Crippen molar-refractivity contribution < 1.29 is 14.0 Å². The van der Waals surface area contributed by atoms with Crippen LogP contribution in [0.2, 0.25) is 5.02 Å². The quantitative estimate of drug-likeness (QED) is 0.246. The van der Waals surface area contributed by atoms with E-state index in [0.29, 0.717) is 27.6 Å². The number of carbonyl (C=O) groups is 2. The molecule has 0 radical (unpaired) electrons. The van der Waals surface area contributed by atoms with Gasteiger partial charge in [-0.1, -0.05) is 35.9 Å². The molecule has 5 aromatic rings. The van der Waals surface area contributed by atoms with Crippen molar-refractivity contribution in [1.29, 1.82) is 0 Å². The molecule has 1 aliphatic carbocycles. The van der Waals surface area contributed by atoms with E-state index in [1.807, 2.05) is 60.1 Å². The number of Topliss-reactive ketones (excluding diaryl/α,β-unsaturated/α-hetero) is 2. The highest BCUT2D eigenvalue weighted by molar-refractivity contribution is 6.42. The lowest BCUT2D eigenvalue weighted by atomic mass is 10.0. The zero-order valence-corrected chi connectivity index (χ0v) is 17.7. The lowest BCUT2D eigenvalue weighted by Gasteiger charge is -2.01. The van der Waals surface area contributed by atoms with Gasteiger partial charge in [0.1, 0.15) is 17.1 Å². The SMILES string of the molecule is Cn1c(-c2ccc(Cl)cc2)nc2oc(C=C3C(=O)c4cc5ccccc5cc4C3=O)cc21. The number of aromatic nitrogens is 2. The highest BCUT2D eigenvalue weighted by Gasteiger charge is 2.33. The normalized spacial score (nSPS) is 13.4. The zero-order valence-electron chi connectivity index (χ0n) is 16.9. The van der Waals surface area contributed by atoms with E-state index < -0.39 is 0 Å². The van der Waals surface area contributed by atoms with Crippen LogP contribution >= 0.6 is 11.6 Å². The van der Waals surface area contributed by atoms with E-state index in [2.05, 4.69) is 4.98 Å². The Labute approximate surface area is 187 Å². The molecule has 2 heterocycles. The molecule has 5 nitrogen and oxygen atoms in total. The maximum absolute atomic E-state index is 13.0. The fourth-order valence-corrected chi connectivity index (χ4v) is 4.33. The number of allylic oxidation sites excluding steroid dienone is 1. The number of hydrogen-bond acceptors (Lipinski definition) is 4. The third-order valence-corrected chi connectivity index (χ3v) is 6.10. The molecular formula is C26H15ClN2O3. The molecule has 6 heteroatoms. The Bertz CT molecular complexity index is 1560. The van der Waals surface area contributed by atoms with Crippen molar-refractivity contribution >= 4 is 51.2 Å². The summed E-state index contributed by atoms with van der Waals surface area (Å²) in [6.45, 7) is 0. The molecule has 0 atom stereocenters. The molecule has 1 aliphatic rings. The number of fused-ring (bicyclic) bond motifs is 3. The molecule has 3 aromatic carbocycles. The first-order valence-corrected chi connectivity index (χ1v) is 10.4. The van der Waals surface area contributed by atoms with Crippen LogP contribution in [0.15, 0.2) is 76.7 Å². The minimum Gasteiger partial charge on any atom is -0.437 e. The average Bonchev–Trinajstić information content (AvgIpc) is 3.41. The van der Waals surface area contributed by atoms with Gasteiger partial charge in [0.15, 0.2) is 11.6 Å². The molecule has 6 rings (SSSR count). The summed E-state index contributed by atoms with van der Waals surface area (Å²) in [5.41, 5.74) is 3.07. The van der Waals surface area contributed by atoms with Crippen LogP contribution in [0.25, 0.3) is 39.5 Å². The number of nitrogens with zero attached hydrogens (tertiary/aromatic N) is 2. The number of ketones is 2. The van der Waals surface area contributed by atoms with Crippen molar-refractivity contribution in [3.8, 4) is 11.4 Å². The Kier molecular flexibility index (Phi) is 3.97. The van der Waals surface area contributed by atoms with Gasteiger partial charge in [-0.25, -0.2) is 0 Å². The van der Waals surface area contributed by atoms with Crippen molar-refractivity contribution in [1.82, 2.24) is 9.55 Å². The highest BCUT2D eigenvalue weighted by atomic mass is 35.5. The van der Waals surface area contributed by atoms with Gasteiger partial charge >= 0.3 is 0 Å². The molecule has 0 amide bonds. The van der Waals surface area contributed by atoms with E-state index >= 15 is 0 Å². The van der Waals surface area contributed by atoms with Crippen LogP contribution < -0.4 is 0 Å². The maximum atomic E-state index is 13.0. The largest absolute Gasteiger partial charge is 0.437 e. The van der Waals surface area contributed by atoms with Crippen molar-refractivity contribution in [2.75, 3.05) is 0 Å². The fraction of sp³-hybridized carbons (Fsp3) is 0.0385. The van der Waals surface area contributed by atoms with Gasteiger partial charge in [0.25, 0.3) is 0 Å². The molecule has 0 aliphatic heterocycles. The van der Waals surface area contributed by atoms with Crippen LogP contribution in [-0.2, 0) is 7.05 Å². The summed E-state index contributed by atoms with van der Waals surface area (Å²) in [6.07, 6.45) is 1.51. The van der Waals surface area contributed by atoms with Crippen LogP contribution in [0.3, 0.4) is 0 Å². The topological polar surface area (TPSA) is 65.1 Å². The minimum absolute atomic E-state index is 0.104. The van der Waals surface area contributed by atoms with Crippen LogP contribution in [0.1, 0.15) is 26.5 Å². The Balaban J connectivity index is 1.40. The second-order valence-corrected chi connectivity index (χ2v) is 8.24. The van der Waals surface area contributed by atoms with Gasteiger partial charge in [-0.2, -0.15) is 4.98 Å². The lowest BCUT2D eigenvalue weighted by Crippen LogP contribution is -1.99. The number of benzene rings is 3. The summed E-state index contributed by atoms with van der Waals surface area (Å²) in [5, 5.41) is 2.51. The van der Waals surface area contributed by atoms with Crippen LogP contribution in [0, 0.1) is 0 Å². The zero-order chi connectivity index (χ0) is 22.0. The molecule has 2 aromatic heterocycles. The summed E-state index contributed by atoms with van der Waals surface area (Å²) in [6, 6.07) is 20.4. The second kappa shape index (κ2) is 6.77. The lowest BCUT2D eigenvalue weighted by molar-refractivity contribution is 0.0990. The third-order valence-electron chi connectivity index (χ3n) is 5.85. The van der Waals surface area contributed by atoms with Crippen molar-refractivity contribution in [3.05, 3.63) is 94.2 Å². The van der Waals surface area contributed by atoms with E-state index in [9.17, 15) is 9.59 Å². The molecule has 0 unspecified atom stereocenters. The summed E-state index contributed by atoms with van der Waals surface area (Å²) >= 11 is 5.98. The summed E-state index contributed by atoms with van der Waals surface area (Å²) in [4.78, 5) is 30.5. The number of rotatable bonds is 2. The number of halogens is 1. The molecule has 0 bridgehead atoms. The van der Waals surface area contributed by atoms with Gasteiger partial charge in [-0.3, -0.25) is 9.59 Å². The Morgan fingerprint density at radius 3 is 2.12 bits per heavy atom. The van der Waals surface area contributed by atoms with Gasteiger partial charge < -0.3 is 8.98 Å². The smallest absolute Gasteiger partial charge is 0.245 e. The van der Waals surface area contributed by atoms with Crippen LogP contribution in [0.5, 0.6) is 0 Å². The first kappa shape index (κ1) is 18.8. The molecule has 0 saturated carbocycles. The Morgan fingerprint density at radius 2 is 1.53 bits per heavy atom. The maximum Gasteiger partial charge on any atom is 0.245 e. The fourth-order valence-electron chi connectivity index (χ4n) is 4.21. The molecule has 0 saturated heterocycles. The highest BCUT2D eigenvalue weighted by Crippen LogP contribution is 2.33. The average molecular weight is 439 g/mol. The first-order valence-electron chi connectivity index (χ1n) is 10.1. The van der Waals surface area contributed by atoms with Gasteiger partial charge in [0.05, 0.1) is 5.57 Å². The molecule has 32 heavy (non-hydrogen) atoms. The Hall–Kier alpha value is -3.96. The second-order valence-electron chi connectivity index (χ2n) is 7.80. The number of aryl methyl sites for hydroxylation is 1. The van der Waals surface area contributed by atoms with Gasteiger partial charge in [-0.15, -0.1) is 0 Å². The van der Waals surface area contributed by atoms with E-state index in [-0.39, 0.29) is 17.1 Å². The van der Waals surface area contributed by atoms with E-state index in [1.54, 1.807) is 18.2 Å². The molecule has 0 fully saturated rings. The van der Waals surface area contributed by atoms with Crippen molar-refractivity contribution in [2.24, 2.45) is 7.05 Å². The number of imidazole rings is 1. The number of hydrogen-bond donors (Lipinski definition) is 0. The Morgan fingerprint density at radius 1 is 0.906 bits per heavy atom. The molecule has 0 N–H and O–H groups in total. The van der Waals surface area contributed by atoms with Crippen LogP contribution in [0.4, 0.5) is 0 Å². The number of furan rings is 1. The summed E-state index contributed by atoms with van der Waals surface area (Å²) < 4.78 is 7.78. The molecular weight excluding hydrogens is 424 g/mol. The van der Waals surface area contributed by atoms with E-state index in [4.69, 9.17) is 16.0 Å². The predicted molar refractivity (Wildman–Crippen MR) is 124 cm³/mol. The van der Waals surface area contributed by atoms with Crippen molar-refractivity contribution in [2.45, 2.75) is 0 Å². The summed E-state index contributed by atoms with van der Waals surface area (Å²) in [7, 11) is 1.89. The van der Waals surface area contributed by atoms with Gasteiger partial charge in [-0.05, 0) is 53.2 Å². The number of carbonyl (C=O) groups excluding carboxylic acids is 2. The molecule has 0 spiro atoms. The van der Waals surface area contributed by atoms with Gasteiger partial charge in [0, 0.05) is 34.8 Å². The monoisotopic (exact) mass is 438 g/mol. The third kappa shape index (κ3) is 2.75. The van der Waals surface area contributed by atoms with Gasteiger partial charge in [0.2, 0.25) is 5.71 Å².